The molecule has 0 saturated carbocycles. The van der Waals surface area contributed by atoms with Crippen LogP contribution in [0.1, 0.15) is 6.42 Å². The molecule has 0 spiro atoms. The van der Waals surface area contributed by atoms with E-state index in [9.17, 15) is 4.39 Å². The molecular weight excluding hydrogens is 419 g/mol. The van der Waals surface area contributed by atoms with Gasteiger partial charge in [-0.3, -0.25) is 0 Å². The molecule has 6 nitrogen and oxygen atoms in total. The first-order chi connectivity index (χ1) is 16.0. The van der Waals surface area contributed by atoms with E-state index in [1.165, 1.54) is 6.07 Å². The normalized spacial score (nSPS) is 14.1. The molecule has 0 amide bonds. The zero-order valence-corrected chi connectivity index (χ0v) is 19.7. The van der Waals surface area contributed by atoms with Crippen LogP contribution in [0, 0.1) is 5.82 Å². The van der Waals surface area contributed by atoms with E-state index in [-0.39, 0.29) is 5.82 Å². The Morgan fingerprint density at radius 3 is 2.09 bits per heavy atom. The Kier molecular flexibility index (Phi) is 6.87. The van der Waals surface area contributed by atoms with Crippen LogP contribution in [0.5, 0.6) is 11.6 Å². The van der Waals surface area contributed by atoms with E-state index in [1.807, 2.05) is 26.2 Å². The summed E-state index contributed by atoms with van der Waals surface area (Å²) in [5, 5.41) is 0. The Morgan fingerprint density at radius 2 is 1.48 bits per heavy atom. The highest BCUT2D eigenvalue weighted by Gasteiger charge is 2.21. The van der Waals surface area contributed by atoms with Gasteiger partial charge in [0.05, 0.1) is 31.3 Å². The number of nitrogens with zero attached hydrogens (tertiary/aromatic N) is 4. The number of rotatable bonds is 6. The van der Waals surface area contributed by atoms with Gasteiger partial charge in [-0.1, -0.05) is 12.1 Å². The van der Waals surface area contributed by atoms with Crippen molar-refractivity contribution in [1.82, 2.24) is 4.98 Å². The Bertz CT molecular complexity index is 1090. The predicted molar refractivity (Wildman–Crippen MR) is 133 cm³/mol. The summed E-state index contributed by atoms with van der Waals surface area (Å²) < 4.78 is 25.2. The SMILES string of the molecule is COc1ccc(N2CCCN(c3ccc(OC)nc3-c3ccc(N(C)C)cc3)CC2)c(F)c1. The van der Waals surface area contributed by atoms with Gasteiger partial charge in [-0.15, -0.1) is 0 Å². The van der Waals surface area contributed by atoms with Crippen molar-refractivity contribution in [2.75, 3.05) is 69.2 Å². The number of hydrogen-bond acceptors (Lipinski definition) is 6. The average Bonchev–Trinajstić information content (AvgIpc) is 3.09. The zero-order valence-electron chi connectivity index (χ0n) is 19.7. The second kappa shape index (κ2) is 9.98. The molecule has 1 aliphatic heterocycles. The number of halogens is 1. The Labute approximate surface area is 195 Å². The highest BCUT2D eigenvalue weighted by molar-refractivity contribution is 5.77. The van der Waals surface area contributed by atoms with E-state index in [0.717, 1.165) is 48.7 Å². The quantitative estimate of drug-likeness (QED) is 0.543. The van der Waals surface area contributed by atoms with Gasteiger partial charge in [0.1, 0.15) is 11.6 Å². The van der Waals surface area contributed by atoms with E-state index in [0.29, 0.717) is 23.9 Å². The maximum atomic E-state index is 14.7. The third-order valence-corrected chi connectivity index (χ3v) is 6.05. The minimum absolute atomic E-state index is 0.254. The molecular formula is C26H31FN4O2. The molecule has 1 aromatic heterocycles. The molecule has 1 fully saturated rings. The third kappa shape index (κ3) is 4.97. The van der Waals surface area contributed by atoms with Gasteiger partial charge in [0.2, 0.25) is 5.88 Å². The van der Waals surface area contributed by atoms with Crippen molar-refractivity contribution in [3.8, 4) is 22.9 Å². The maximum absolute atomic E-state index is 14.7. The summed E-state index contributed by atoms with van der Waals surface area (Å²) in [6.45, 7) is 3.14. The second-order valence-corrected chi connectivity index (χ2v) is 8.31. The molecule has 4 rings (SSSR count). The second-order valence-electron chi connectivity index (χ2n) is 8.31. The Morgan fingerprint density at radius 1 is 0.818 bits per heavy atom. The highest BCUT2D eigenvalue weighted by Crippen LogP contribution is 2.33. The molecule has 0 atom stereocenters. The van der Waals surface area contributed by atoms with Crippen molar-refractivity contribution in [3.63, 3.8) is 0 Å². The van der Waals surface area contributed by atoms with Crippen LogP contribution in [0.3, 0.4) is 0 Å². The standard InChI is InChI=1S/C26H31FN4O2/c1-29(2)20-8-6-19(7-9-20)26-24(12-13-25(28-26)33-4)31-15-5-14-30(16-17-31)23-11-10-21(32-3)18-22(23)27/h6-13,18H,5,14-17H2,1-4H3. The van der Waals surface area contributed by atoms with Crippen molar-refractivity contribution >= 4 is 17.1 Å². The number of benzene rings is 2. The van der Waals surface area contributed by atoms with E-state index in [2.05, 4.69) is 45.0 Å². The number of hydrogen-bond donors (Lipinski definition) is 0. The molecule has 0 unspecified atom stereocenters. The fourth-order valence-electron chi connectivity index (χ4n) is 4.20. The van der Waals surface area contributed by atoms with Crippen LogP contribution in [0.15, 0.2) is 54.6 Å². The average molecular weight is 451 g/mol. The van der Waals surface area contributed by atoms with Gasteiger partial charge in [-0.25, -0.2) is 9.37 Å². The summed E-state index contributed by atoms with van der Waals surface area (Å²) in [6, 6.07) is 17.4. The summed E-state index contributed by atoms with van der Waals surface area (Å²) in [7, 11) is 7.23. The number of aromatic nitrogens is 1. The maximum Gasteiger partial charge on any atom is 0.213 e. The van der Waals surface area contributed by atoms with Gasteiger partial charge in [0.15, 0.2) is 0 Å². The van der Waals surface area contributed by atoms with Gasteiger partial charge in [0.25, 0.3) is 0 Å². The molecule has 0 N–H and O–H groups in total. The van der Waals surface area contributed by atoms with Crippen molar-refractivity contribution in [1.29, 1.82) is 0 Å². The van der Waals surface area contributed by atoms with E-state index < -0.39 is 0 Å². The van der Waals surface area contributed by atoms with Crippen LogP contribution in [0.4, 0.5) is 21.5 Å². The van der Waals surface area contributed by atoms with Crippen molar-refractivity contribution in [2.24, 2.45) is 0 Å². The molecule has 3 aromatic rings. The minimum atomic E-state index is -0.254. The monoisotopic (exact) mass is 450 g/mol. The lowest BCUT2D eigenvalue weighted by molar-refractivity contribution is 0.398. The van der Waals surface area contributed by atoms with Gasteiger partial charge < -0.3 is 24.2 Å². The topological polar surface area (TPSA) is 41.1 Å². The fraction of sp³-hybridized carbons (Fsp3) is 0.346. The molecule has 2 heterocycles. The lowest BCUT2D eigenvalue weighted by Crippen LogP contribution is -2.31. The van der Waals surface area contributed by atoms with E-state index >= 15 is 0 Å². The van der Waals surface area contributed by atoms with Gasteiger partial charge in [0, 0.05) is 63.7 Å². The molecule has 7 heteroatoms. The smallest absolute Gasteiger partial charge is 0.213 e. The number of methoxy groups -OCH3 is 2. The summed E-state index contributed by atoms with van der Waals surface area (Å²) in [5.41, 5.74) is 4.74. The largest absolute Gasteiger partial charge is 0.497 e. The lowest BCUT2D eigenvalue weighted by Gasteiger charge is -2.27. The molecule has 0 bridgehead atoms. The lowest BCUT2D eigenvalue weighted by atomic mass is 10.1. The van der Waals surface area contributed by atoms with Gasteiger partial charge in [-0.05, 0) is 36.8 Å². The van der Waals surface area contributed by atoms with Crippen LogP contribution in [-0.2, 0) is 0 Å². The minimum Gasteiger partial charge on any atom is -0.497 e. The third-order valence-electron chi connectivity index (χ3n) is 6.05. The summed E-state index contributed by atoms with van der Waals surface area (Å²) in [5.74, 6) is 0.861. The first-order valence-electron chi connectivity index (χ1n) is 11.2. The molecule has 33 heavy (non-hydrogen) atoms. The molecule has 0 aliphatic carbocycles. The van der Waals surface area contributed by atoms with E-state index in [1.54, 1.807) is 20.3 Å². The molecule has 1 aliphatic rings. The predicted octanol–water partition coefficient (Wildman–Crippen LogP) is 4.69. The summed E-state index contributed by atoms with van der Waals surface area (Å²) >= 11 is 0. The van der Waals surface area contributed by atoms with Crippen LogP contribution in [-0.4, -0.2) is 59.5 Å². The van der Waals surface area contributed by atoms with Gasteiger partial charge >= 0.3 is 0 Å². The van der Waals surface area contributed by atoms with Crippen molar-refractivity contribution in [2.45, 2.75) is 6.42 Å². The van der Waals surface area contributed by atoms with Crippen LogP contribution < -0.4 is 24.2 Å². The zero-order chi connectivity index (χ0) is 23.4. The number of pyridine rings is 1. The molecule has 1 saturated heterocycles. The van der Waals surface area contributed by atoms with Crippen molar-refractivity contribution in [3.05, 3.63) is 60.4 Å². The van der Waals surface area contributed by atoms with Crippen molar-refractivity contribution < 1.29 is 13.9 Å². The Hall–Kier alpha value is -3.48. The van der Waals surface area contributed by atoms with Gasteiger partial charge in [-0.2, -0.15) is 0 Å². The van der Waals surface area contributed by atoms with Crippen LogP contribution >= 0.6 is 0 Å². The summed E-state index contributed by atoms with van der Waals surface area (Å²) in [4.78, 5) is 11.3. The number of anilines is 3. The molecule has 174 valence electrons. The first-order valence-corrected chi connectivity index (χ1v) is 11.2. The molecule has 0 radical (unpaired) electrons. The van der Waals surface area contributed by atoms with E-state index in [4.69, 9.17) is 14.5 Å². The summed E-state index contributed by atoms with van der Waals surface area (Å²) in [6.07, 6.45) is 0.913. The first kappa shape index (κ1) is 22.7. The van der Waals surface area contributed by atoms with Crippen LogP contribution in [0.2, 0.25) is 0 Å². The highest BCUT2D eigenvalue weighted by atomic mass is 19.1. The number of ether oxygens (including phenoxy) is 2. The van der Waals surface area contributed by atoms with Crippen LogP contribution in [0.25, 0.3) is 11.3 Å². The Balaban J connectivity index is 1.60. The molecule has 2 aromatic carbocycles. The fourth-order valence-corrected chi connectivity index (χ4v) is 4.20.